The van der Waals surface area contributed by atoms with Crippen molar-refractivity contribution in [2.75, 3.05) is 0 Å². The summed E-state index contributed by atoms with van der Waals surface area (Å²) in [4.78, 5) is 13.9. The van der Waals surface area contributed by atoms with Crippen LogP contribution in [-0.4, -0.2) is 11.3 Å². The molecule has 0 N–H and O–H groups in total. The van der Waals surface area contributed by atoms with Crippen molar-refractivity contribution in [1.82, 2.24) is 4.98 Å². The predicted molar refractivity (Wildman–Crippen MR) is 44.7 cm³/mol. The predicted octanol–water partition coefficient (Wildman–Crippen LogP) is 2.85. The molecule has 0 radical (unpaired) electrons. The van der Waals surface area contributed by atoms with Gasteiger partial charge in [-0.15, -0.1) is 0 Å². The zero-order chi connectivity index (χ0) is 8.43. The van der Waals surface area contributed by atoms with Crippen LogP contribution in [0.2, 0.25) is 15.1 Å². The van der Waals surface area contributed by atoms with Crippen LogP contribution >= 0.6 is 34.8 Å². The summed E-state index contributed by atoms with van der Waals surface area (Å²) in [6.45, 7) is 0. The number of aldehydes is 1. The van der Waals surface area contributed by atoms with Gasteiger partial charge in [0.05, 0.1) is 15.1 Å². The summed E-state index contributed by atoms with van der Waals surface area (Å²) in [6.07, 6.45) is 1.80. The lowest BCUT2D eigenvalue weighted by atomic mass is 10.4. The first-order valence-corrected chi connectivity index (χ1v) is 3.75. The lowest BCUT2D eigenvalue weighted by molar-refractivity contribution is 0.111. The Balaban J connectivity index is 3.36. The van der Waals surface area contributed by atoms with E-state index in [1.807, 2.05) is 0 Å². The number of halogens is 3. The quantitative estimate of drug-likeness (QED) is 0.667. The van der Waals surface area contributed by atoms with E-state index >= 15 is 0 Å². The van der Waals surface area contributed by atoms with E-state index in [0.717, 1.165) is 0 Å². The molecule has 11 heavy (non-hydrogen) atoms. The standard InChI is InChI=1S/C6H2Cl3NO/c7-3-1-10-4(2-11)6(9)5(3)8/h1-2H. The SMILES string of the molecule is O=Cc1ncc(Cl)c(Cl)c1Cl. The van der Waals surface area contributed by atoms with Crippen molar-refractivity contribution >= 4 is 41.1 Å². The largest absolute Gasteiger partial charge is 0.296 e. The Bertz CT molecular complexity index is 300. The smallest absolute Gasteiger partial charge is 0.170 e. The first kappa shape index (κ1) is 8.78. The van der Waals surface area contributed by atoms with Gasteiger partial charge < -0.3 is 0 Å². The maximum Gasteiger partial charge on any atom is 0.170 e. The second kappa shape index (κ2) is 3.39. The number of aromatic nitrogens is 1. The maximum atomic E-state index is 10.2. The zero-order valence-electron chi connectivity index (χ0n) is 5.14. The van der Waals surface area contributed by atoms with Gasteiger partial charge in [0.2, 0.25) is 0 Å². The molecule has 0 spiro atoms. The van der Waals surface area contributed by atoms with E-state index in [-0.39, 0.29) is 20.8 Å². The average molecular weight is 210 g/mol. The van der Waals surface area contributed by atoms with Gasteiger partial charge in [-0.05, 0) is 0 Å². The van der Waals surface area contributed by atoms with E-state index in [9.17, 15) is 4.79 Å². The minimum atomic E-state index is 0.0918. The highest BCUT2D eigenvalue weighted by atomic mass is 35.5. The number of hydrogen-bond donors (Lipinski definition) is 0. The number of hydrogen-bond acceptors (Lipinski definition) is 2. The molecule has 0 aliphatic heterocycles. The van der Waals surface area contributed by atoms with E-state index in [1.54, 1.807) is 0 Å². The summed E-state index contributed by atoms with van der Waals surface area (Å²) < 4.78 is 0. The van der Waals surface area contributed by atoms with Crippen molar-refractivity contribution in [3.05, 3.63) is 27.0 Å². The van der Waals surface area contributed by atoms with E-state index < -0.39 is 0 Å². The second-order valence-corrected chi connectivity index (χ2v) is 2.90. The van der Waals surface area contributed by atoms with Crippen LogP contribution in [-0.2, 0) is 0 Å². The van der Waals surface area contributed by atoms with Gasteiger partial charge >= 0.3 is 0 Å². The summed E-state index contributed by atoms with van der Waals surface area (Å²) in [5.74, 6) is 0. The molecule has 1 aromatic heterocycles. The monoisotopic (exact) mass is 209 g/mol. The molecule has 0 aliphatic carbocycles. The van der Waals surface area contributed by atoms with Gasteiger partial charge in [-0.25, -0.2) is 0 Å². The lowest BCUT2D eigenvalue weighted by Gasteiger charge is -1.98. The third-order valence-electron chi connectivity index (χ3n) is 1.06. The number of pyridine rings is 1. The fourth-order valence-corrected chi connectivity index (χ4v) is 1.07. The third kappa shape index (κ3) is 1.64. The van der Waals surface area contributed by atoms with Crippen LogP contribution in [0.15, 0.2) is 6.20 Å². The molecule has 0 aliphatic rings. The Morgan fingerprint density at radius 1 is 1.27 bits per heavy atom. The first-order valence-electron chi connectivity index (χ1n) is 2.61. The van der Waals surface area contributed by atoms with Gasteiger partial charge in [-0.2, -0.15) is 0 Å². The highest BCUT2D eigenvalue weighted by Crippen LogP contribution is 2.29. The highest BCUT2D eigenvalue weighted by Gasteiger charge is 2.08. The van der Waals surface area contributed by atoms with Gasteiger partial charge in [0.25, 0.3) is 0 Å². The summed E-state index contributed by atoms with van der Waals surface area (Å²) in [5.41, 5.74) is 0.0982. The third-order valence-corrected chi connectivity index (χ3v) is 2.31. The van der Waals surface area contributed by atoms with Crippen LogP contribution in [0.4, 0.5) is 0 Å². The molecule has 0 fully saturated rings. The minimum Gasteiger partial charge on any atom is -0.296 e. The van der Waals surface area contributed by atoms with Crippen LogP contribution in [0.3, 0.4) is 0 Å². The molecule has 0 bridgehead atoms. The number of carbonyl (C=O) groups excluding carboxylic acids is 1. The van der Waals surface area contributed by atoms with Gasteiger partial charge in [0.15, 0.2) is 6.29 Å². The molecule has 58 valence electrons. The molecule has 0 unspecified atom stereocenters. The summed E-state index contributed by atoms with van der Waals surface area (Å²) in [5, 5.41) is 0.488. The fourth-order valence-electron chi connectivity index (χ4n) is 0.539. The van der Waals surface area contributed by atoms with Crippen molar-refractivity contribution in [3.8, 4) is 0 Å². The Hall–Kier alpha value is -0.310. The molecule has 0 aromatic carbocycles. The molecule has 2 nitrogen and oxygen atoms in total. The summed E-state index contributed by atoms with van der Waals surface area (Å²) in [6, 6.07) is 0. The second-order valence-electron chi connectivity index (χ2n) is 1.74. The van der Waals surface area contributed by atoms with E-state index in [4.69, 9.17) is 34.8 Å². The van der Waals surface area contributed by atoms with Crippen molar-refractivity contribution in [2.45, 2.75) is 0 Å². The van der Waals surface area contributed by atoms with Gasteiger partial charge in [-0.3, -0.25) is 9.78 Å². The lowest BCUT2D eigenvalue weighted by Crippen LogP contribution is -1.88. The highest BCUT2D eigenvalue weighted by molar-refractivity contribution is 6.48. The average Bonchev–Trinajstić information content (AvgIpc) is 2.01. The van der Waals surface area contributed by atoms with E-state index in [2.05, 4.69) is 4.98 Å². The van der Waals surface area contributed by atoms with Crippen LogP contribution in [0.5, 0.6) is 0 Å². The van der Waals surface area contributed by atoms with Crippen LogP contribution in [0.25, 0.3) is 0 Å². The topological polar surface area (TPSA) is 30.0 Å². The molecule has 5 heteroatoms. The van der Waals surface area contributed by atoms with Gasteiger partial charge in [0.1, 0.15) is 5.69 Å². The summed E-state index contributed by atoms with van der Waals surface area (Å²) in [7, 11) is 0. The van der Waals surface area contributed by atoms with Crippen molar-refractivity contribution in [2.24, 2.45) is 0 Å². The molecule has 1 rings (SSSR count). The van der Waals surface area contributed by atoms with Crippen molar-refractivity contribution in [1.29, 1.82) is 0 Å². The Morgan fingerprint density at radius 3 is 2.45 bits per heavy atom. The Labute approximate surface area is 78.1 Å². The van der Waals surface area contributed by atoms with E-state index in [0.29, 0.717) is 6.29 Å². The zero-order valence-corrected chi connectivity index (χ0v) is 7.41. The van der Waals surface area contributed by atoms with Crippen LogP contribution in [0.1, 0.15) is 10.5 Å². The van der Waals surface area contributed by atoms with Crippen LogP contribution in [0, 0.1) is 0 Å². The van der Waals surface area contributed by atoms with Crippen molar-refractivity contribution in [3.63, 3.8) is 0 Å². The number of carbonyl (C=O) groups is 1. The van der Waals surface area contributed by atoms with Gasteiger partial charge in [0, 0.05) is 6.20 Å². The Kier molecular flexibility index (Phi) is 2.71. The minimum absolute atomic E-state index is 0.0918. The van der Waals surface area contributed by atoms with Gasteiger partial charge in [-0.1, -0.05) is 34.8 Å². The normalized spacial score (nSPS) is 9.73. The fraction of sp³-hybridized carbons (Fsp3) is 0. The van der Waals surface area contributed by atoms with E-state index in [1.165, 1.54) is 6.20 Å². The molecule has 0 amide bonds. The van der Waals surface area contributed by atoms with Crippen molar-refractivity contribution < 1.29 is 4.79 Å². The number of rotatable bonds is 1. The number of nitrogens with zero attached hydrogens (tertiary/aromatic N) is 1. The Morgan fingerprint density at radius 2 is 1.91 bits per heavy atom. The summed E-state index contributed by atoms with van der Waals surface area (Å²) >= 11 is 16.7. The molecule has 0 saturated heterocycles. The molecular formula is C6H2Cl3NO. The first-order chi connectivity index (χ1) is 5.16. The maximum absolute atomic E-state index is 10.2. The molecular weight excluding hydrogens is 208 g/mol. The van der Waals surface area contributed by atoms with Crippen LogP contribution < -0.4 is 0 Å². The molecule has 1 heterocycles. The molecule has 0 saturated carbocycles. The molecule has 0 atom stereocenters. The molecule has 1 aromatic rings.